The minimum atomic E-state index is -0.797. The van der Waals surface area contributed by atoms with E-state index in [4.69, 9.17) is 5.11 Å². The largest absolute Gasteiger partial charge is 0.481 e. The van der Waals surface area contributed by atoms with Gasteiger partial charge in [-0.1, -0.05) is 6.42 Å². The van der Waals surface area contributed by atoms with Gasteiger partial charge >= 0.3 is 5.97 Å². The number of amides is 1. The van der Waals surface area contributed by atoms with E-state index in [0.717, 1.165) is 19.3 Å². The Hall–Kier alpha value is -1.06. The van der Waals surface area contributed by atoms with E-state index in [-0.39, 0.29) is 12.3 Å². The Kier molecular flexibility index (Phi) is 2.91. The van der Waals surface area contributed by atoms with Gasteiger partial charge in [-0.25, -0.2) is 0 Å². The fourth-order valence-corrected chi connectivity index (χ4v) is 2.46. The number of carbonyl (C=O) groups excluding carboxylic acids is 1. The second-order valence-electron chi connectivity index (χ2n) is 5.21. The first kappa shape index (κ1) is 11.4. The van der Waals surface area contributed by atoms with Gasteiger partial charge in [-0.15, -0.1) is 0 Å². The molecule has 0 aromatic carbocycles. The van der Waals surface area contributed by atoms with E-state index in [9.17, 15) is 9.59 Å². The van der Waals surface area contributed by atoms with Crippen LogP contribution < -0.4 is 0 Å². The van der Waals surface area contributed by atoms with E-state index in [0.29, 0.717) is 18.9 Å². The van der Waals surface area contributed by atoms with Crippen molar-refractivity contribution < 1.29 is 14.7 Å². The van der Waals surface area contributed by atoms with Crippen LogP contribution in [0.2, 0.25) is 0 Å². The van der Waals surface area contributed by atoms with Crippen LogP contribution in [0.15, 0.2) is 0 Å². The molecule has 0 radical (unpaired) electrons. The first-order valence-electron chi connectivity index (χ1n) is 6.04. The maximum atomic E-state index is 12.0. The molecule has 0 unspecified atom stereocenters. The summed E-state index contributed by atoms with van der Waals surface area (Å²) in [4.78, 5) is 24.9. The third-order valence-corrected chi connectivity index (χ3v) is 4.27. The zero-order chi connectivity index (χ0) is 11.8. The fourth-order valence-electron chi connectivity index (χ4n) is 2.46. The SMILES string of the molecule is CN(C(=O)CC1(C(=O)O)CCC1)C1CCC1. The number of rotatable bonds is 4. The van der Waals surface area contributed by atoms with Gasteiger partial charge in [0.05, 0.1) is 5.41 Å². The summed E-state index contributed by atoms with van der Waals surface area (Å²) < 4.78 is 0. The Bertz CT molecular complexity index is 305. The lowest BCUT2D eigenvalue weighted by atomic mass is 9.66. The van der Waals surface area contributed by atoms with Crippen molar-refractivity contribution in [1.82, 2.24) is 4.90 Å². The highest BCUT2D eigenvalue weighted by Crippen LogP contribution is 2.44. The monoisotopic (exact) mass is 225 g/mol. The summed E-state index contributed by atoms with van der Waals surface area (Å²) in [7, 11) is 1.81. The van der Waals surface area contributed by atoms with E-state index in [2.05, 4.69) is 0 Å². The molecule has 0 atom stereocenters. The van der Waals surface area contributed by atoms with E-state index in [1.165, 1.54) is 6.42 Å². The summed E-state index contributed by atoms with van der Waals surface area (Å²) >= 11 is 0. The highest BCUT2D eigenvalue weighted by atomic mass is 16.4. The van der Waals surface area contributed by atoms with Crippen LogP contribution in [0.3, 0.4) is 0 Å². The lowest BCUT2D eigenvalue weighted by molar-refractivity contribution is -0.160. The molecule has 2 fully saturated rings. The second kappa shape index (κ2) is 4.07. The van der Waals surface area contributed by atoms with Gasteiger partial charge in [0.1, 0.15) is 0 Å². The molecule has 0 heterocycles. The van der Waals surface area contributed by atoms with Crippen LogP contribution in [0, 0.1) is 5.41 Å². The number of carboxylic acid groups (broad SMARTS) is 1. The molecule has 0 spiro atoms. The Morgan fingerprint density at radius 3 is 2.25 bits per heavy atom. The fraction of sp³-hybridized carbons (Fsp3) is 0.833. The van der Waals surface area contributed by atoms with E-state index < -0.39 is 11.4 Å². The van der Waals surface area contributed by atoms with Crippen molar-refractivity contribution >= 4 is 11.9 Å². The molecule has 2 rings (SSSR count). The number of carbonyl (C=O) groups is 2. The molecule has 2 aliphatic carbocycles. The molecule has 0 aromatic rings. The molecule has 0 aromatic heterocycles. The van der Waals surface area contributed by atoms with Crippen molar-refractivity contribution in [2.75, 3.05) is 7.05 Å². The molecule has 0 aliphatic heterocycles. The summed E-state index contributed by atoms with van der Waals surface area (Å²) in [6.07, 6.45) is 5.78. The molecule has 2 aliphatic rings. The van der Waals surface area contributed by atoms with E-state index in [1.54, 1.807) is 11.9 Å². The molecule has 1 amide bonds. The van der Waals surface area contributed by atoms with Gasteiger partial charge in [-0.3, -0.25) is 9.59 Å². The van der Waals surface area contributed by atoms with Gasteiger partial charge in [0.25, 0.3) is 0 Å². The summed E-state index contributed by atoms with van der Waals surface area (Å²) in [5, 5.41) is 9.15. The molecule has 90 valence electrons. The van der Waals surface area contributed by atoms with Crippen LogP contribution in [-0.2, 0) is 9.59 Å². The third kappa shape index (κ3) is 1.81. The molecule has 16 heavy (non-hydrogen) atoms. The first-order chi connectivity index (χ1) is 7.55. The van der Waals surface area contributed by atoms with Crippen molar-refractivity contribution in [3.63, 3.8) is 0 Å². The van der Waals surface area contributed by atoms with Crippen LogP contribution in [0.5, 0.6) is 0 Å². The highest BCUT2D eigenvalue weighted by molar-refractivity contribution is 5.85. The van der Waals surface area contributed by atoms with Gasteiger partial charge < -0.3 is 10.0 Å². The van der Waals surface area contributed by atoms with Gasteiger partial charge in [0, 0.05) is 19.5 Å². The van der Waals surface area contributed by atoms with Crippen LogP contribution in [0.25, 0.3) is 0 Å². The maximum Gasteiger partial charge on any atom is 0.310 e. The van der Waals surface area contributed by atoms with Crippen molar-refractivity contribution in [2.24, 2.45) is 5.41 Å². The zero-order valence-electron chi connectivity index (χ0n) is 9.74. The molecule has 4 nitrogen and oxygen atoms in total. The second-order valence-corrected chi connectivity index (χ2v) is 5.21. The van der Waals surface area contributed by atoms with Crippen LogP contribution in [-0.4, -0.2) is 35.0 Å². The molecular formula is C12H19NO3. The van der Waals surface area contributed by atoms with Crippen molar-refractivity contribution in [3.05, 3.63) is 0 Å². The van der Waals surface area contributed by atoms with Gasteiger partial charge in [-0.2, -0.15) is 0 Å². The minimum absolute atomic E-state index is 0.00630. The van der Waals surface area contributed by atoms with Crippen molar-refractivity contribution in [1.29, 1.82) is 0 Å². The summed E-state index contributed by atoms with van der Waals surface area (Å²) in [5.74, 6) is -0.791. The molecule has 0 saturated heterocycles. The quantitative estimate of drug-likeness (QED) is 0.791. The van der Waals surface area contributed by atoms with Crippen LogP contribution in [0.4, 0.5) is 0 Å². The maximum absolute atomic E-state index is 12.0. The lowest BCUT2D eigenvalue weighted by Crippen LogP contribution is -2.47. The van der Waals surface area contributed by atoms with Gasteiger partial charge in [0.2, 0.25) is 5.91 Å². The molecule has 2 saturated carbocycles. The number of hydrogen-bond acceptors (Lipinski definition) is 2. The topological polar surface area (TPSA) is 57.6 Å². The Balaban J connectivity index is 1.92. The smallest absolute Gasteiger partial charge is 0.310 e. The minimum Gasteiger partial charge on any atom is -0.481 e. The number of aliphatic carboxylic acids is 1. The number of nitrogens with zero attached hydrogens (tertiary/aromatic N) is 1. The molecular weight excluding hydrogens is 206 g/mol. The third-order valence-electron chi connectivity index (χ3n) is 4.27. The average molecular weight is 225 g/mol. The van der Waals surface area contributed by atoms with E-state index in [1.807, 2.05) is 0 Å². The standard InChI is InChI=1S/C12H19NO3/c1-13(9-4-2-5-9)10(14)8-12(11(15)16)6-3-7-12/h9H,2-8H2,1H3,(H,15,16). The summed E-state index contributed by atoms with van der Waals surface area (Å²) in [6.45, 7) is 0. The molecule has 0 bridgehead atoms. The Morgan fingerprint density at radius 1 is 1.31 bits per heavy atom. The van der Waals surface area contributed by atoms with Crippen molar-refractivity contribution in [3.8, 4) is 0 Å². The van der Waals surface area contributed by atoms with Crippen LogP contribution in [0.1, 0.15) is 44.9 Å². The number of carboxylic acids is 1. The molecule has 1 N–H and O–H groups in total. The predicted octanol–water partition coefficient (Wildman–Crippen LogP) is 1.64. The zero-order valence-corrected chi connectivity index (χ0v) is 9.74. The Morgan fingerprint density at radius 2 is 1.94 bits per heavy atom. The van der Waals surface area contributed by atoms with Crippen LogP contribution >= 0.6 is 0 Å². The highest BCUT2D eigenvalue weighted by Gasteiger charge is 2.46. The summed E-state index contributed by atoms with van der Waals surface area (Å²) in [6, 6.07) is 0.360. The van der Waals surface area contributed by atoms with E-state index >= 15 is 0 Å². The normalized spacial score (nSPS) is 23.1. The lowest BCUT2D eigenvalue weighted by Gasteiger charge is -2.40. The number of hydrogen-bond donors (Lipinski definition) is 1. The van der Waals surface area contributed by atoms with Gasteiger partial charge in [-0.05, 0) is 32.1 Å². The average Bonchev–Trinajstić information content (AvgIpc) is 2.07. The first-order valence-corrected chi connectivity index (χ1v) is 6.04. The van der Waals surface area contributed by atoms with Gasteiger partial charge in [0.15, 0.2) is 0 Å². The summed E-state index contributed by atoms with van der Waals surface area (Å²) in [5.41, 5.74) is -0.741. The predicted molar refractivity (Wildman–Crippen MR) is 58.9 cm³/mol. The van der Waals surface area contributed by atoms with Crippen molar-refractivity contribution in [2.45, 2.75) is 51.0 Å². The Labute approximate surface area is 95.6 Å². The molecule has 4 heteroatoms.